The van der Waals surface area contributed by atoms with Crippen LogP contribution in [-0.4, -0.2) is 57.7 Å². The molecular weight excluding hydrogens is 415 g/mol. The Morgan fingerprint density at radius 3 is 2.58 bits per heavy atom. The van der Waals surface area contributed by atoms with Gasteiger partial charge in [-0.1, -0.05) is 18.2 Å². The molecule has 1 aliphatic heterocycles. The number of nitrogens with one attached hydrogen (secondary N) is 2. The number of rotatable bonds is 7. The lowest BCUT2D eigenvalue weighted by molar-refractivity contribution is 0.220. The first-order valence-corrected chi connectivity index (χ1v) is 8.59. The van der Waals surface area contributed by atoms with Crippen molar-refractivity contribution in [1.82, 2.24) is 15.5 Å². The SMILES string of the molecule is CN=C(NCCCOc1ccccc1)NCC1CCN(C)CC1.I. The van der Waals surface area contributed by atoms with Crippen molar-refractivity contribution in [2.45, 2.75) is 19.3 Å². The van der Waals surface area contributed by atoms with Crippen molar-refractivity contribution in [3.63, 3.8) is 0 Å². The number of ether oxygens (including phenoxy) is 1. The summed E-state index contributed by atoms with van der Waals surface area (Å²) in [5.74, 6) is 2.58. The minimum atomic E-state index is 0. The molecule has 136 valence electrons. The third-order valence-corrected chi connectivity index (χ3v) is 4.25. The fraction of sp³-hybridized carbons (Fsp3) is 0.611. The van der Waals surface area contributed by atoms with Crippen LogP contribution in [-0.2, 0) is 0 Å². The average Bonchev–Trinajstić information content (AvgIpc) is 2.59. The van der Waals surface area contributed by atoms with Crippen molar-refractivity contribution in [1.29, 1.82) is 0 Å². The van der Waals surface area contributed by atoms with Crippen molar-refractivity contribution in [3.05, 3.63) is 30.3 Å². The van der Waals surface area contributed by atoms with Gasteiger partial charge < -0.3 is 20.3 Å². The van der Waals surface area contributed by atoms with Crippen molar-refractivity contribution < 1.29 is 4.74 Å². The second kappa shape index (κ2) is 12.4. The van der Waals surface area contributed by atoms with Gasteiger partial charge in [0.1, 0.15) is 5.75 Å². The Labute approximate surface area is 163 Å². The monoisotopic (exact) mass is 446 g/mol. The van der Waals surface area contributed by atoms with Gasteiger partial charge in [0.05, 0.1) is 6.61 Å². The molecule has 5 nitrogen and oxygen atoms in total. The molecule has 0 unspecified atom stereocenters. The van der Waals surface area contributed by atoms with Gasteiger partial charge in [-0.3, -0.25) is 4.99 Å². The minimum Gasteiger partial charge on any atom is -0.494 e. The van der Waals surface area contributed by atoms with E-state index in [-0.39, 0.29) is 24.0 Å². The lowest BCUT2D eigenvalue weighted by Gasteiger charge is -2.29. The zero-order valence-electron chi connectivity index (χ0n) is 14.8. The largest absolute Gasteiger partial charge is 0.494 e. The predicted molar refractivity (Wildman–Crippen MR) is 112 cm³/mol. The number of nitrogens with zero attached hydrogens (tertiary/aromatic N) is 2. The zero-order valence-corrected chi connectivity index (χ0v) is 17.2. The van der Waals surface area contributed by atoms with Crippen LogP contribution >= 0.6 is 24.0 Å². The maximum Gasteiger partial charge on any atom is 0.190 e. The van der Waals surface area contributed by atoms with Gasteiger partial charge in [0.2, 0.25) is 0 Å². The molecule has 0 radical (unpaired) electrons. The van der Waals surface area contributed by atoms with Crippen LogP contribution < -0.4 is 15.4 Å². The summed E-state index contributed by atoms with van der Waals surface area (Å²) in [6, 6.07) is 9.93. The van der Waals surface area contributed by atoms with E-state index in [1.54, 1.807) is 0 Å². The number of piperidine rings is 1. The molecule has 1 aromatic rings. The van der Waals surface area contributed by atoms with E-state index in [9.17, 15) is 0 Å². The van der Waals surface area contributed by atoms with E-state index in [1.165, 1.54) is 25.9 Å². The highest BCUT2D eigenvalue weighted by molar-refractivity contribution is 14.0. The zero-order chi connectivity index (χ0) is 16.3. The summed E-state index contributed by atoms with van der Waals surface area (Å²) < 4.78 is 5.68. The van der Waals surface area contributed by atoms with E-state index in [0.29, 0.717) is 6.61 Å². The van der Waals surface area contributed by atoms with Crippen LogP contribution in [0.1, 0.15) is 19.3 Å². The molecule has 0 atom stereocenters. The first-order chi connectivity index (χ1) is 11.3. The molecule has 1 saturated heterocycles. The molecule has 1 aromatic carbocycles. The maximum absolute atomic E-state index is 5.68. The van der Waals surface area contributed by atoms with Gasteiger partial charge in [-0.05, 0) is 57.5 Å². The van der Waals surface area contributed by atoms with Crippen molar-refractivity contribution in [2.75, 3.05) is 46.9 Å². The number of likely N-dealkylation sites (tertiary alicyclic amines) is 1. The van der Waals surface area contributed by atoms with Crippen LogP contribution in [0.5, 0.6) is 5.75 Å². The molecule has 0 amide bonds. The molecule has 0 spiro atoms. The summed E-state index contributed by atoms with van der Waals surface area (Å²) in [5, 5.41) is 6.79. The standard InChI is InChI=1S/C18H30N4O.HI/c1-19-18(21-15-16-9-12-22(2)13-10-16)20-11-6-14-23-17-7-4-3-5-8-17;/h3-5,7-8,16H,6,9-15H2,1-2H3,(H2,19,20,21);1H. The van der Waals surface area contributed by atoms with Crippen LogP contribution in [0.2, 0.25) is 0 Å². The molecule has 1 aliphatic rings. The fourth-order valence-electron chi connectivity index (χ4n) is 2.71. The van der Waals surface area contributed by atoms with Crippen LogP contribution in [0.3, 0.4) is 0 Å². The Balaban J connectivity index is 0.00000288. The van der Waals surface area contributed by atoms with Gasteiger partial charge in [-0.25, -0.2) is 0 Å². The molecule has 0 aliphatic carbocycles. The number of hydrogen-bond donors (Lipinski definition) is 2. The summed E-state index contributed by atoms with van der Waals surface area (Å²) in [5.41, 5.74) is 0. The topological polar surface area (TPSA) is 48.9 Å². The highest BCUT2D eigenvalue weighted by Gasteiger charge is 2.16. The molecule has 2 N–H and O–H groups in total. The molecule has 6 heteroatoms. The van der Waals surface area contributed by atoms with Gasteiger partial charge >= 0.3 is 0 Å². The first kappa shape index (κ1) is 21.0. The maximum atomic E-state index is 5.68. The Hall–Kier alpha value is -1.02. The highest BCUT2D eigenvalue weighted by atomic mass is 127. The molecule has 1 fully saturated rings. The quantitative estimate of drug-likeness (QED) is 0.293. The average molecular weight is 446 g/mol. The number of guanidine groups is 1. The van der Waals surface area contributed by atoms with Crippen LogP contribution in [0.25, 0.3) is 0 Å². The number of aliphatic imine (C=N–C) groups is 1. The van der Waals surface area contributed by atoms with Gasteiger partial charge in [-0.15, -0.1) is 24.0 Å². The predicted octanol–water partition coefficient (Wildman–Crippen LogP) is 2.58. The van der Waals surface area contributed by atoms with E-state index in [1.807, 2.05) is 37.4 Å². The summed E-state index contributed by atoms with van der Waals surface area (Å²) in [6.07, 6.45) is 3.49. The molecule has 2 rings (SSSR count). The van der Waals surface area contributed by atoms with Crippen LogP contribution in [0.4, 0.5) is 0 Å². The summed E-state index contributed by atoms with van der Waals surface area (Å²) in [4.78, 5) is 6.69. The third-order valence-electron chi connectivity index (χ3n) is 4.25. The molecule has 0 bridgehead atoms. The lowest BCUT2D eigenvalue weighted by atomic mass is 9.97. The minimum absolute atomic E-state index is 0. The summed E-state index contributed by atoms with van der Waals surface area (Å²) in [7, 11) is 4.02. The van der Waals surface area contributed by atoms with E-state index in [2.05, 4.69) is 27.6 Å². The normalized spacial score (nSPS) is 16.3. The van der Waals surface area contributed by atoms with Crippen LogP contribution in [0, 0.1) is 5.92 Å². The fourth-order valence-corrected chi connectivity index (χ4v) is 2.71. The van der Waals surface area contributed by atoms with E-state index in [0.717, 1.165) is 37.1 Å². The number of para-hydroxylation sites is 1. The lowest BCUT2D eigenvalue weighted by Crippen LogP contribution is -2.42. The first-order valence-electron chi connectivity index (χ1n) is 8.59. The summed E-state index contributed by atoms with van der Waals surface area (Å²) >= 11 is 0. The second-order valence-electron chi connectivity index (χ2n) is 6.14. The van der Waals surface area contributed by atoms with Gasteiger partial charge in [-0.2, -0.15) is 0 Å². The molecule has 1 heterocycles. The van der Waals surface area contributed by atoms with E-state index in [4.69, 9.17) is 4.74 Å². The molecule has 24 heavy (non-hydrogen) atoms. The second-order valence-corrected chi connectivity index (χ2v) is 6.14. The Bertz CT molecular complexity index is 461. The number of benzene rings is 1. The Morgan fingerprint density at radius 2 is 1.92 bits per heavy atom. The van der Waals surface area contributed by atoms with Gasteiger partial charge in [0.25, 0.3) is 0 Å². The van der Waals surface area contributed by atoms with Gasteiger partial charge in [0.15, 0.2) is 5.96 Å². The van der Waals surface area contributed by atoms with Crippen LogP contribution in [0.15, 0.2) is 35.3 Å². The van der Waals surface area contributed by atoms with Gasteiger partial charge in [0, 0.05) is 20.1 Å². The molecule has 0 aromatic heterocycles. The van der Waals surface area contributed by atoms with E-state index < -0.39 is 0 Å². The number of hydrogen-bond acceptors (Lipinski definition) is 3. The third kappa shape index (κ3) is 8.19. The van der Waals surface area contributed by atoms with Crippen molar-refractivity contribution in [2.24, 2.45) is 10.9 Å². The van der Waals surface area contributed by atoms with E-state index >= 15 is 0 Å². The Morgan fingerprint density at radius 1 is 1.21 bits per heavy atom. The van der Waals surface area contributed by atoms with Crippen molar-refractivity contribution >= 4 is 29.9 Å². The molecular formula is C18H31IN4O. The van der Waals surface area contributed by atoms with Crippen molar-refractivity contribution in [3.8, 4) is 5.75 Å². The summed E-state index contributed by atoms with van der Waals surface area (Å²) in [6.45, 7) is 4.99. The molecule has 0 saturated carbocycles. The Kier molecular flexibility index (Phi) is 10.8. The number of halogens is 1. The highest BCUT2D eigenvalue weighted by Crippen LogP contribution is 2.14. The smallest absolute Gasteiger partial charge is 0.190 e.